The Morgan fingerprint density at radius 1 is 1.45 bits per heavy atom. The van der Waals surface area contributed by atoms with Gasteiger partial charge in [0, 0.05) is 25.5 Å². The lowest BCUT2D eigenvalue weighted by molar-refractivity contribution is -0.151. The quantitative estimate of drug-likeness (QED) is 0.733. The van der Waals surface area contributed by atoms with E-state index in [2.05, 4.69) is 5.32 Å². The first-order valence-corrected chi connectivity index (χ1v) is 6.80. The van der Waals surface area contributed by atoms with E-state index >= 15 is 0 Å². The number of hydrogen-bond acceptors (Lipinski definition) is 5. The maximum absolute atomic E-state index is 12.1. The van der Waals surface area contributed by atoms with E-state index in [9.17, 15) is 9.59 Å². The Balaban J connectivity index is 0.00000200. The van der Waals surface area contributed by atoms with Gasteiger partial charge in [-0.3, -0.25) is 4.79 Å². The summed E-state index contributed by atoms with van der Waals surface area (Å²) in [7, 11) is 1.32. The summed E-state index contributed by atoms with van der Waals surface area (Å²) < 4.78 is 10.0. The van der Waals surface area contributed by atoms with Crippen LogP contribution in [0, 0.1) is 5.92 Å². The topological polar surface area (TPSA) is 90.7 Å². The third-order valence-electron chi connectivity index (χ3n) is 4.14. The van der Waals surface area contributed by atoms with Crippen LogP contribution in [-0.2, 0) is 19.1 Å². The van der Waals surface area contributed by atoms with Crippen LogP contribution in [0.25, 0.3) is 0 Å². The molecule has 1 saturated carbocycles. The Bertz CT molecular complexity index is 358. The lowest BCUT2D eigenvalue weighted by Crippen LogP contribution is -2.56. The molecule has 1 heterocycles. The zero-order chi connectivity index (χ0) is 13.9. The van der Waals surface area contributed by atoms with Crippen molar-refractivity contribution in [1.29, 1.82) is 0 Å². The Morgan fingerprint density at radius 2 is 2.20 bits per heavy atom. The molecule has 1 saturated heterocycles. The van der Waals surface area contributed by atoms with E-state index in [-0.39, 0.29) is 36.9 Å². The van der Waals surface area contributed by atoms with Gasteiger partial charge in [-0.2, -0.15) is 0 Å². The molecule has 0 aromatic carbocycles. The number of methoxy groups -OCH3 is 1. The lowest BCUT2D eigenvalue weighted by atomic mass is 9.96. The highest BCUT2D eigenvalue weighted by molar-refractivity contribution is 5.88. The second-order valence-electron chi connectivity index (χ2n) is 5.48. The van der Waals surface area contributed by atoms with Gasteiger partial charge in [0.2, 0.25) is 5.91 Å². The van der Waals surface area contributed by atoms with Gasteiger partial charge in [-0.25, -0.2) is 4.79 Å². The number of nitrogens with two attached hydrogens (primary N) is 1. The second kappa shape index (κ2) is 7.24. The summed E-state index contributed by atoms with van der Waals surface area (Å²) >= 11 is 0. The second-order valence-corrected chi connectivity index (χ2v) is 5.48. The average molecular weight is 307 g/mol. The fraction of sp³-hybridized carbons (Fsp3) is 0.846. The van der Waals surface area contributed by atoms with Gasteiger partial charge in [0.05, 0.1) is 13.7 Å². The third-order valence-corrected chi connectivity index (χ3v) is 4.14. The molecule has 7 heteroatoms. The first-order valence-electron chi connectivity index (χ1n) is 6.80. The Kier molecular flexibility index (Phi) is 6.23. The van der Waals surface area contributed by atoms with Crippen molar-refractivity contribution >= 4 is 24.3 Å². The summed E-state index contributed by atoms with van der Waals surface area (Å²) in [4.78, 5) is 23.9. The molecule has 6 nitrogen and oxygen atoms in total. The molecular weight excluding hydrogens is 284 g/mol. The van der Waals surface area contributed by atoms with Crippen molar-refractivity contribution in [3.63, 3.8) is 0 Å². The highest BCUT2D eigenvalue weighted by Gasteiger charge is 2.45. The number of esters is 1. The van der Waals surface area contributed by atoms with E-state index in [0.29, 0.717) is 19.4 Å². The minimum absolute atomic E-state index is 0. The zero-order valence-corrected chi connectivity index (χ0v) is 12.5. The van der Waals surface area contributed by atoms with Crippen molar-refractivity contribution in [3.05, 3.63) is 0 Å². The highest BCUT2D eigenvalue weighted by Crippen LogP contribution is 2.27. The summed E-state index contributed by atoms with van der Waals surface area (Å²) in [6, 6.07) is 0.0969. The van der Waals surface area contributed by atoms with E-state index in [1.165, 1.54) is 7.11 Å². The fourth-order valence-electron chi connectivity index (χ4n) is 2.95. The molecule has 3 N–H and O–H groups in total. The number of hydrogen-bond donors (Lipinski definition) is 2. The van der Waals surface area contributed by atoms with Gasteiger partial charge in [-0.1, -0.05) is 6.42 Å². The molecule has 0 bridgehead atoms. The van der Waals surface area contributed by atoms with E-state index in [1.807, 2.05) is 0 Å². The SMILES string of the molecule is COC(=O)C1(NC(=O)C[C@@H]2CCC[C@H]2N)CCOC1.Cl. The van der Waals surface area contributed by atoms with Crippen LogP contribution in [-0.4, -0.2) is 43.8 Å². The third kappa shape index (κ3) is 3.62. The van der Waals surface area contributed by atoms with Crippen LogP contribution in [0.15, 0.2) is 0 Å². The fourth-order valence-corrected chi connectivity index (χ4v) is 2.95. The Labute approximate surface area is 125 Å². The van der Waals surface area contributed by atoms with E-state index in [0.717, 1.165) is 19.3 Å². The molecule has 0 spiro atoms. The lowest BCUT2D eigenvalue weighted by Gasteiger charge is -2.26. The minimum atomic E-state index is -1.01. The number of ether oxygens (including phenoxy) is 2. The largest absolute Gasteiger partial charge is 0.467 e. The normalized spacial score (nSPS) is 32.5. The van der Waals surface area contributed by atoms with Gasteiger partial charge in [0.25, 0.3) is 0 Å². The molecule has 2 aliphatic rings. The first kappa shape index (κ1) is 17.2. The number of rotatable bonds is 4. The average Bonchev–Trinajstić information content (AvgIpc) is 3.00. The van der Waals surface area contributed by atoms with Crippen LogP contribution in [0.3, 0.4) is 0 Å². The smallest absolute Gasteiger partial charge is 0.334 e. The monoisotopic (exact) mass is 306 g/mol. The van der Waals surface area contributed by atoms with Crippen LogP contribution in [0.5, 0.6) is 0 Å². The van der Waals surface area contributed by atoms with E-state index in [4.69, 9.17) is 15.2 Å². The van der Waals surface area contributed by atoms with Crippen molar-refractivity contribution in [1.82, 2.24) is 5.32 Å². The van der Waals surface area contributed by atoms with Crippen LogP contribution in [0.2, 0.25) is 0 Å². The van der Waals surface area contributed by atoms with Gasteiger partial charge < -0.3 is 20.5 Å². The molecule has 1 unspecified atom stereocenters. The Morgan fingerprint density at radius 3 is 2.70 bits per heavy atom. The van der Waals surface area contributed by atoms with Gasteiger partial charge in [0.15, 0.2) is 5.54 Å². The highest BCUT2D eigenvalue weighted by atomic mass is 35.5. The van der Waals surface area contributed by atoms with Crippen molar-refractivity contribution in [2.24, 2.45) is 11.7 Å². The van der Waals surface area contributed by atoms with Crippen LogP contribution in [0.1, 0.15) is 32.1 Å². The number of carbonyl (C=O) groups is 2. The summed E-state index contributed by atoms with van der Waals surface area (Å²) in [6.45, 7) is 0.639. The summed E-state index contributed by atoms with van der Waals surface area (Å²) in [5.41, 5.74) is 4.95. The molecule has 1 aliphatic heterocycles. The maximum Gasteiger partial charge on any atom is 0.334 e. The number of halogens is 1. The number of amides is 1. The molecule has 1 amide bonds. The van der Waals surface area contributed by atoms with Gasteiger partial charge in [-0.15, -0.1) is 12.4 Å². The standard InChI is InChI=1S/C13H22N2O4.ClH/c1-18-12(17)13(5-6-19-8-13)15-11(16)7-9-3-2-4-10(9)14;/h9-10H,2-8,14H2,1H3,(H,15,16);1H/t9-,10+,13?;/m0./s1. The van der Waals surface area contributed by atoms with Crippen molar-refractivity contribution in [2.75, 3.05) is 20.3 Å². The van der Waals surface area contributed by atoms with Gasteiger partial charge >= 0.3 is 5.97 Å². The van der Waals surface area contributed by atoms with Crippen LogP contribution < -0.4 is 11.1 Å². The van der Waals surface area contributed by atoms with Crippen molar-refractivity contribution < 1.29 is 19.1 Å². The van der Waals surface area contributed by atoms with Gasteiger partial charge in [-0.05, 0) is 18.8 Å². The maximum atomic E-state index is 12.1. The predicted molar refractivity (Wildman–Crippen MR) is 75.5 cm³/mol. The van der Waals surface area contributed by atoms with Crippen molar-refractivity contribution in [2.45, 2.75) is 43.7 Å². The molecule has 1 aliphatic carbocycles. The molecular formula is C13H23ClN2O4. The predicted octanol–water partition coefficient (Wildman–Crippen LogP) is 0.374. The van der Waals surface area contributed by atoms with E-state index in [1.54, 1.807) is 0 Å². The number of carbonyl (C=O) groups excluding carboxylic acids is 2. The molecule has 0 aromatic rings. The van der Waals surface area contributed by atoms with Crippen LogP contribution >= 0.6 is 12.4 Å². The molecule has 0 radical (unpaired) electrons. The molecule has 2 fully saturated rings. The molecule has 0 aromatic heterocycles. The van der Waals surface area contributed by atoms with Crippen LogP contribution in [0.4, 0.5) is 0 Å². The van der Waals surface area contributed by atoms with Crippen molar-refractivity contribution in [3.8, 4) is 0 Å². The minimum Gasteiger partial charge on any atom is -0.467 e. The molecule has 2 rings (SSSR count). The molecule has 3 atom stereocenters. The first-order chi connectivity index (χ1) is 9.07. The molecule has 20 heavy (non-hydrogen) atoms. The number of nitrogens with one attached hydrogen (secondary N) is 1. The van der Waals surface area contributed by atoms with E-state index < -0.39 is 11.5 Å². The zero-order valence-electron chi connectivity index (χ0n) is 11.7. The Hall–Kier alpha value is -0.850. The summed E-state index contributed by atoms with van der Waals surface area (Å²) in [5, 5.41) is 2.80. The summed E-state index contributed by atoms with van der Waals surface area (Å²) in [6.07, 6.45) is 3.87. The summed E-state index contributed by atoms with van der Waals surface area (Å²) in [5.74, 6) is -0.357. The molecule has 116 valence electrons. The van der Waals surface area contributed by atoms with Gasteiger partial charge in [0.1, 0.15) is 0 Å².